The van der Waals surface area contributed by atoms with Gasteiger partial charge < -0.3 is 5.32 Å². The number of amides is 1. The van der Waals surface area contributed by atoms with Crippen LogP contribution in [-0.4, -0.2) is 19.6 Å². The Morgan fingerprint density at radius 1 is 1.13 bits per heavy atom. The Kier molecular flexibility index (Phi) is 5.01. The highest BCUT2D eigenvalue weighted by Gasteiger charge is 2.30. The van der Waals surface area contributed by atoms with Crippen molar-refractivity contribution >= 4 is 33.0 Å². The molecule has 0 bridgehead atoms. The van der Waals surface area contributed by atoms with Crippen molar-refractivity contribution < 1.29 is 22.0 Å². The lowest BCUT2D eigenvalue weighted by Crippen LogP contribution is -2.33. The highest BCUT2D eigenvalue weighted by molar-refractivity contribution is 7.92. The van der Waals surface area contributed by atoms with Gasteiger partial charge in [0.05, 0.1) is 10.6 Å². The van der Waals surface area contributed by atoms with E-state index >= 15 is 0 Å². The molecule has 0 aliphatic heterocycles. The quantitative estimate of drug-likeness (QED) is 0.909. The lowest BCUT2D eigenvalue weighted by atomic mass is 10.3. The van der Waals surface area contributed by atoms with E-state index in [0.717, 1.165) is 25.1 Å². The van der Waals surface area contributed by atoms with E-state index in [0.29, 0.717) is 5.02 Å². The van der Waals surface area contributed by atoms with E-state index in [2.05, 4.69) is 5.32 Å². The van der Waals surface area contributed by atoms with Crippen molar-refractivity contribution in [2.45, 2.75) is 17.1 Å². The number of halogens is 3. The lowest BCUT2D eigenvalue weighted by Gasteiger charge is -2.14. The van der Waals surface area contributed by atoms with E-state index in [1.54, 1.807) is 0 Å². The maximum absolute atomic E-state index is 13.5. The molecule has 0 aliphatic carbocycles. The van der Waals surface area contributed by atoms with Crippen LogP contribution in [0.4, 0.5) is 14.5 Å². The first kappa shape index (κ1) is 17.4. The third kappa shape index (κ3) is 3.86. The van der Waals surface area contributed by atoms with Crippen LogP contribution in [0, 0.1) is 11.6 Å². The summed E-state index contributed by atoms with van der Waals surface area (Å²) in [6.07, 6.45) is 0. The van der Waals surface area contributed by atoms with E-state index in [4.69, 9.17) is 11.6 Å². The van der Waals surface area contributed by atoms with Crippen LogP contribution >= 0.6 is 11.6 Å². The average Bonchev–Trinajstić information content (AvgIpc) is 2.50. The van der Waals surface area contributed by atoms with Gasteiger partial charge in [0.25, 0.3) is 0 Å². The molecule has 1 unspecified atom stereocenters. The number of benzene rings is 2. The maximum Gasteiger partial charge on any atom is 0.242 e. The fourth-order valence-electron chi connectivity index (χ4n) is 1.80. The van der Waals surface area contributed by atoms with Crippen LogP contribution in [0.15, 0.2) is 47.4 Å². The van der Waals surface area contributed by atoms with Gasteiger partial charge in [-0.05, 0) is 43.3 Å². The van der Waals surface area contributed by atoms with Crippen molar-refractivity contribution in [2.75, 3.05) is 5.32 Å². The molecule has 0 aromatic heterocycles. The van der Waals surface area contributed by atoms with Crippen molar-refractivity contribution in [2.24, 2.45) is 0 Å². The van der Waals surface area contributed by atoms with Crippen LogP contribution in [0.5, 0.6) is 0 Å². The molecule has 2 aromatic carbocycles. The topological polar surface area (TPSA) is 63.2 Å². The summed E-state index contributed by atoms with van der Waals surface area (Å²) in [6, 6.07) is 7.79. The summed E-state index contributed by atoms with van der Waals surface area (Å²) in [5, 5.41) is 0.935. The normalized spacial score (nSPS) is 12.7. The molecule has 1 N–H and O–H groups in total. The van der Waals surface area contributed by atoms with Crippen LogP contribution in [0.2, 0.25) is 5.02 Å². The Hall–Kier alpha value is -1.99. The Labute approximate surface area is 137 Å². The van der Waals surface area contributed by atoms with E-state index in [1.807, 2.05) is 0 Å². The van der Waals surface area contributed by atoms with Crippen molar-refractivity contribution in [3.8, 4) is 0 Å². The fraction of sp³-hybridized carbons (Fsp3) is 0.133. The number of hydrogen-bond acceptors (Lipinski definition) is 3. The molecule has 122 valence electrons. The average molecular weight is 360 g/mol. The molecule has 0 heterocycles. The molecule has 2 aromatic rings. The molecule has 0 saturated carbocycles. The van der Waals surface area contributed by atoms with Gasteiger partial charge in [0.15, 0.2) is 9.84 Å². The first-order valence-electron chi connectivity index (χ1n) is 6.47. The van der Waals surface area contributed by atoms with Crippen LogP contribution in [0.3, 0.4) is 0 Å². The Morgan fingerprint density at radius 3 is 2.35 bits per heavy atom. The van der Waals surface area contributed by atoms with E-state index in [-0.39, 0.29) is 4.90 Å². The minimum absolute atomic E-state index is 0.0933. The van der Waals surface area contributed by atoms with Gasteiger partial charge >= 0.3 is 0 Å². The van der Waals surface area contributed by atoms with Crippen molar-refractivity contribution in [1.82, 2.24) is 0 Å². The standard InChI is InChI=1S/C15H12ClF2NO3S/c1-9(23(21,22)12-5-2-10(16)3-6-12)15(20)19-14-8-11(17)4-7-13(14)18/h2-9H,1H3,(H,19,20). The van der Waals surface area contributed by atoms with Gasteiger partial charge in [-0.1, -0.05) is 11.6 Å². The van der Waals surface area contributed by atoms with Crippen LogP contribution in [0.1, 0.15) is 6.92 Å². The molecule has 1 atom stereocenters. The Morgan fingerprint density at radius 2 is 1.74 bits per heavy atom. The molecule has 23 heavy (non-hydrogen) atoms. The van der Waals surface area contributed by atoms with Gasteiger partial charge in [-0.3, -0.25) is 4.79 Å². The van der Waals surface area contributed by atoms with Crippen LogP contribution in [0.25, 0.3) is 0 Å². The second kappa shape index (κ2) is 6.64. The number of hydrogen-bond donors (Lipinski definition) is 1. The summed E-state index contributed by atoms with van der Waals surface area (Å²) in [6.45, 7) is 1.16. The monoisotopic (exact) mass is 359 g/mol. The Bertz CT molecular complexity index is 838. The van der Waals surface area contributed by atoms with Gasteiger partial charge in [-0.15, -0.1) is 0 Å². The lowest BCUT2D eigenvalue weighted by molar-refractivity contribution is -0.115. The zero-order chi connectivity index (χ0) is 17.2. The highest BCUT2D eigenvalue weighted by atomic mass is 35.5. The molecule has 0 saturated heterocycles. The summed E-state index contributed by atoms with van der Waals surface area (Å²) in [5.41, 5.74) is -0.423. The minimum Gasteiger partial charge on any atom is -0.322 e. The number of carbonyl (C=O) groups is 1. The van der Waals surface area contributed by atoms with Crippen molar-refractivity contribution in [3.63, 3.8) is 0 Å². The molecule has 1 amide bonds. The van der Waals surface area contributed by atoms with Crippen LogP contribution in [-0.2, 0) is 14.6 Å². The second-order valence-electron chi connectivity index (χ2n) is 4.75. The zero-order valence-electron chi connectivity index (χ0n) is 11.9. The van der Waals surface area contributed by atoms with E-state index in [1.165, 1.54) is 24.3 Å². The summed E-state index contributed by atoms with van der Waals surface area (Å²) in [5.74, 6) is -2.59. The van der Waals surface area contributed by atoms with Gasteiger partial charge in [-0.2, -0.15) is 0 Å². The summed E-state index contributed by atoms with van der Waals surface area (Å²) in [4.78, 5) is 12.0. The molecule has 4 nitrogen and oxygen atoms in total. The van der Waals surface area contributed by atoms with Crippen LogP contribution < -0.4 is 5.32 Å². The predicted octanol–water partition coefficient (Wildman–Crippen LogP) is 3.42. The van der Waals surface area contributed by atoms with Gasteiger partial charge in [-0.25, -0.2) is 17.2 Å². The summed E-state index contributed by atoms with van der Waals surface area (Å²) >= 11 is 5.69. The third-order valence-electron chi connectivity index (χ3n) is 3.16. The molecule has 0 aliphatic rings. The van der Waals surface area contributed by atoms with E-state index in [9.17, 15) is 22.0 Å². The van der Waals surface area contributed by atoms with Crippen molar-refractivity contribution in [1.29, 1.82) is 0 Å². The zero-order valence-corrected chi connectivity index (χ0v) is 13.5. The second-order valence-corrected chi connectivity index (χ2v) is 7.46. The maximum atomic E-state index is 13.5. The molecule has 2 rings (SSSR count). The minimum atomic E-state index is -3.98. The highest BCUT2D eigenvalue weighted by Crippen LogP contribution is 2.21. The predicted molar refractivity (Wildman–Crippen MR) is 83.1 cm³/mol. The molecule has 8 heteroatoms. The number of anilines is 1. The first-order valence-corrected chi connectivity index (χ1v) is 8.39. The number of carbonyl (C=O) groups excluding carboxylic acids is 1. The van der Waals surface area contributed by atoms with E-state index < -0.39 is 38.3 Å². The van der Waals surface area contributed by atoms with Gasteiger partial charge in [0, 0.05) is 11.1 Å². The SMILES string of the molecule is CC(C(=O)Nc1cc(F)ccc1F)S(=O)(=O)c1ccc(Cl)cc1. The number of sulfone groups is 1. The molecular weight excluding hydrogens is 348 g/mol. The van der Waals surface area contributed by atoms with Gasteiger partial charge in [0.2, 0.25) is 5.91 Å². The summed E-state index contributed by atoms with van der Waals surface area (Å²) < 4.78 is 51.3. The molecule has 0 fully saturated rings. The number of rotatable bonds is 4. The molecule has 0 radical (unpaired) electrons. The van der Waals surface area contributed by atoms with Crippen molar-refractivity contribution in [3.05, 3.63) is 59.1 Å². The third-order valence-corrected chi connectivity index (χ3v) is 5.49. The number of nitrogens with one attached hydrogen (secondary N) is 1. The summed E-state index contributed by atoms with van der Waals surface area (Å²) in [7, 11) is -3.98. The first-order chi connectivity index (χ1) is 10.7. The largest absolute Gasteiger partial charge is 0.322 e. The molecular formula is C15H12ClF2NO3S. The fourth-order valence-corrected chi connectivity index (χ4v) is 3.19. The smallest absolute Gasteiger partial charge is 0.242 e. The Balaban J connectivity index is 2.25. The molecule has 0 spiro atoms. The van der Waals surface area contributed by atoms with Gasteiger partial charge in [0.1, 0.15) is 16.9 Å².